The maximum absolute atomic E-state index is 5.33. The lowest BCUT2D eigenvalue weighted by molar-refractivity contribution is 0.122. The SMILES string of the molecule is COCc1nc(N2CCOCC2)sc1CS. The molecule has 0 aromatic carbocycles. The molecule has 1 fully saturated rings. The van der Waals surface area contributed by atoms with Gasteiger partial charge in [0, 0.05) is 30.8 Å². The summed E-state index contributed by atoms with van der Waals surface area (Å²) in [6.07, 6.45) is 0. The average Bonchev–Trinajstić information content (AvgIpc) is 2.74. The van der Waals surface area contributed by atoms with Crippen molar-refractivity contribution in [3.63, 3.8) is 0 Å². The lowest BCUT2D eigenvalue weighted by Crippen LogP contribution is -2.36. The maximum Gasteiger partial charge on any atom is 0.186 e. The van der Waals surface area contributed by atoms with Crippen LogP contribution >= 0.6 is 24.0 Å². The number of nitrogens with zero attached hydrogens (tertiary/aromatic N) is 2. The van der Waals surface area contributed by atoms with Gasteiger partial charge in [-0.15, -0.1) is 11.3 Å². The van der Waals surface area contributed by atoms with Gasteiger partial charge in [-0.3, -0.25) is 0 Å². The molecule has 0 radical (unpaired) electrons. The monoisotopic (exact) mass is 260 g/mol. The highest BCUT2D eigenvalue weighted by molar-refractivity contribution is 7.79. The molecule has 90 valence electrons. The minimum absolute atomic E-state index is 0.566. The second-order valence-electron chi connectivity index (χ2n) is 3.56. The van der Waals surface area contributed by atoms with E-state index in [0.29, 0.717) is 6.61 Å². The van der Waals surface area contributed by atoms with E-state index in [1.54, 1.807) is 18.4 Å². The zero-order valence-electron chi connectivity index (χ0n) is 9.31. The summed E-state index contributed by atoms with van der Waals surface area (Å²) in [5.41, 5.74) is 1.02. The van der Waals surface area contributed by atoms with Crippen molar-refractivity contribution in [2.75, 3.05) is 38.3 Å². The van der Waals surface area contributed by atoms with Crippen molar-refractivity contribution in [3.8, 4) is 0 Å². The molecule has 1 aliphatic heterocycles. The molecule has 1 aromatic rings. The van der Waals surface area contributed by atoms with Crippen molar-refractivity contribution in [1.82, 2.24) is 4.98 Å². The van der Waals surface area contributed by atoms with Gasteiger partial charge in [-0.05, 0) is 0 Å². The molecule has 0 atom stereocenters. The van der Waals surface area contributed by atoms with E-state index >= 15 is 0 Å². The summed E-state index contributed by atoms with van der Waals surface area (Å²) >= 11 is 6.03. The molecule has 1 aromatic heterocycles. The molecule has 6 heteroatoms. The van der Waals surface area contributed by atoms with Gasteiger partial charge < -0.3 is 14.4 Å². The van der Waals surface area contributed by atoms with Crippen LogP contribution in [0.3, 0.4) is 0 Å². The summed E-state index contributed by atoms with van der Waals surface area (Å²) in [6.45, 7) is 3.99. The lowest BCUT2D eigenvalue weighted by Gasteiger charge is -2.26. The number of thiazole rings is 1. The van der Waals surface area contributed by atoms with E-state index in [4.69, 9.17) is 9.47 Å². The fourth-order valence-electron chi connectivity index (χ4n) is 1.63. The average molecular weight is 260 g/mol. The fourth-order valence-corrected chi connectivity index (χ4v) is 2.98. The normalized spacial score (nSPS) is 16.8. The molecule has 0 spiro atoms. The Balaban J connectivity index is 2.14. The number of aromatic nitrogens is 1. The van der Waals surface area contributed by atoms with Gasteiger partial charge in [0.05, 0.1) is 25.5 Å². The zero-order chi connectivity index (χ0) is 11.4. The third-order valence-electron chi connectivity index (χ3n) is 2.47. The number of hydrogen-bond acceptors (Lipinski definition) is 6. The molecule has 2 rings (SSSR count). The van der Waals surface area contributed by atoms with Crippen LogP contribution in [0, 0.1) is 0 Å². The smallest absolute Gasteiger partial charge is 0.186 e. The van der Waals surface area contributed by atoms with E-state index in [9.17, 15) is 0 Å². The van der Waals surface area contributed by atoms with Gasteiger partial charge in [0.25, 0.3) is 0 Å². The molecule has 16 heavy (non-hydrogen) atoms. The number of methoxy groups -OCH3 is 1. The number of hydrogen-bond donors (Lipinski definition) is 1. The van der Waals surface area contributed by atoms with Crippen LogP contribution in [0.1, 0.15) is 10.6 Å². The van der Waals surface area contributed by atoms with Gasteiger partial charge >= 0.3 is 0 Å². The highest BCUT2D eigenvalue weighted by Gasteiger charge is 2.17. The Morgan fingerprint density at radius 1 is 1.50 bits per heavy atom. The minimum Gasteiger partial charge on any atom is -0.378 e. The molecule has 0 N–H and O–H groups in total. The van der Waals surface area contributed by atoms with Crippen LogP contribution in [0.5, 0.6) is 0 Å². The van der Waals surface area contributed by atoms with Crippen molar-refractivity contribution < 1.29 is 9.47 Å². The molecular weight excluding hydrogens is 244 g/mol. The number of ether oxygens (including phenoxy) is 2. The fraction of sp³-hybridized carbons (Fsp3) is 0.700. The van der Waals surface area contributed by atoms with E-state index in [2.05, 4.69) is 22.5 Å². The lowest BCUT2D eigenvalue weighted by atomic mass is 10.4. The van der Waals surface area contributed by atoms with Crippen molar-refractivity contribution in [2.45, 2.75) is 12.4 Å². The summed E-state index contributed by atoms with van der Waals surface area (Å²) in [6, 6.07) is 0. The summed E-state index contributed by atoms with van der Waals surface area (Å²) < 4.78 is 10.5. The Morgan fingerprint density at radius 2 is 2.25 bits per heavy atom. The van der Waals surface area contributed by atoms with E-state index in [1.807, 2.05) is 0 Å². The van der Waals surface area contributed by atoms with Crippen LogP contribution in [0.2, 0.25) is 0 Å². The predicted molar refractivity (Wildman–Crippen MR) is 68.5 cm³/mol. The van der Waals surface area contributed by atoms with Crippen LogP contribution in [0.4, 0.5) is 5.13 Å². The van der Waals surface area contributed by atoms with Gasteiger partial charge in [0.1, 0.15) is 0 Å². The van der Waals surface area contributed by atoms with Crippen molar-refractivity contribution in [1.29, 1.82) is 0 Å². The number of morpholine rings is 1. The van der Waals surface area contributed by atoms with Crippen LogP contribution in [-0.2, 0) is 21.8 Å². The molecule has 1 aliphatic rings. The summed E-state index contributed by atoms with van der Waals surface area (Å²) in [5, 5.41) is 1.07. The van der Waals surface area contributed by atoms with Crippen LogP contribution in [0.15, 0.2) is 0 Å². The molecule has 2 heterocycles. The van der Waals surface area contributed by atoms with Gasteiger partial charge in [0.15, 0.2) is 5.13 Å². The molecule has 1 saturated heterocycles. The summed E-state index contributed by atoms with van der Waals surface area (Å²) in [5.74, 6) is 0.723. The zero-order valence-corrected chi connectivity index (χ0v) is 11.0. The third kappa shape index (κ3) is 2.68. The predicted octanol–water partition coefficient (Wildman–Crippen LogP) is 1.56. The first-order valence-corrected chi connectivity index (χ1v) is 6.71. The maximum atomic E-state index is 5.33. The summed E-state index contributed by atoms with van der Waals surface area (Å²) in [4.78, 5) is 8.07. The second kappa shape index (κ2) is 5.86. The first-order valence-electron chi connectivity index (χ1n) is 5.26. The summed E-state index contributed by atoms with van der Waals surface area (Å²) in [7, 11) is 1.69. The molecule has 0 unspecified atom stereocenters. The Labute approximate surface area is 105 Å². The van der Waals surface area contributed by atoms with E-state index in [1.165, 1.54) is 4.88 Å². The van der Waals surface area contributed by atoms with E-state index in [-0.39, 0.29) is 0 Å². The first-order chi connectivity index (χ1) is 7.85. The number of thiol groups is 1. The highest BCUT2D eigenvalue weighted by atomic mass is 32.1. The highest BCUT2D eigenvalue weighted by Crippen LogP contribution is 2.28. The standard InChI is InChI=1S/C10H16N2O2S2/c1-13-6-8-9(7-15)16-10(11-8)12-2-4-14-5-3-12/h15H,2-7H2,1H3. The molecule has 0 saturated carbocycles. The van der Waals surface area contributed by atoms with Gasteiger partial charge in [0.2, 0.25) is 0 Å². The van der Waals surface area contributed by atoms with Gasteiger partial charge in [-0.1, -0.05) is 0 Å². The van der Waals surface area contributed by atoms with Gasteiger partial charge in [-0.25, -0.2) is 4.98 Å². The number of rotatable bonds is 4. The Kier molecular flexibility index (Phi) is 4.45. The topological polar surface area (TPSA) is 34.6 Å². The first kappa shape index (κ1) is 12.2. The Morgan fingerprint density at radius 3 is 2.88 bits per heavy atom. The van der Waals surface area contributed by atoms with Crippen molar-refractivity contribution in [2.24, 2.45) is 0 Å². The van der Waals surface area contributed by atoms with E-state index in [0.717, 1.165) is 42.9 Å². The molecule has 0 aliphatic carbocycles. The Hall–Kier alpha value is -0.300. The molecule has 0 amide bonds. The van der Waals surface area contributed by atoms with Crippen LogP contribution < -0.4 is 4.90 Å². The van der Waals surface area contributed by atoms with Crippen molar-refractivity contribution in [3.05, 3.63) is 10.6 Å². The van der Waals surface area contributed by atoms with Crippen LogP contribution in [0.25, 0.3) is 0 Å². The molecule has 4 nitrogen and oxygen atoms in total. The van der Waals surface area contributed by atoms with Crippen molar-refractivity contribution >= 4 is 29.1 Å². The van der Waals surface area contributed by atoms with Gasteiger partial charge in [-0.2, -0.15) is 12.6 Å². The quantitative estimate of drug-likeness (QED) is 0.833. The largest absolute Gasteiger partial charge is 0.378 e. The molecule has 0 bridgehead atoms. The van der Waals surface area contributed by atoms with Crippen LogP contribution in [-0.4, -0.2) is 38.4 Å². The minimum atomic E-state index is 0.566. The Bertz CT molecular complexity index is 338. The second-order valence-corrected chi connectivity index (χ2v) is 4.94. The number of anilines is 1. The molecular formula is C10H16N2O2S2. The van der Waals surface area contributed by atoms with E-state index < -0.39 is 0 Å². The third-order valence-corrected chi connectivity index (χ3v) is 4.16.